The fourth-order valence-electron chi connectivity index (χ4n) is 10.00. The molecule has 232 valence electrons. The molecule has 0 bridgehead atoms. The second-order valence-corrected chi connectivity index (χ2v) is 13.6. The Labute approximate surface area is 242 Å². The zero-order valence-electron chi connectivity index (χ0n) is 25.7. The molecule has 8 nitrogen and oxygen atoms in total. The van der Waals surface area contributed by atoms with Crippen LogP contribution in [0.3, 0.4) is 0 Å². The van der Waals surface area contributed by atoms with Gasteiger partial charge in [0, 0.05) is 37.8 Å². The number of ether oxygens (including phenoxy) is 7. The molecule has 4 aliphatic carbocycles. The molecule has 10 atom stereocenters. The summed E-state index contributed by atoms with van der Waals surface area (Å²) in [5, 5.41) is 9.54. The van der Waals surface area contributed by atoms with Gasteiger partial charge in [-0.05, 0) is 101 Å². The van der Waals surface area contributed by atoms with Crippen LogP contribution in [0.15, 0.2) is 0 Å². The van der Waals surface area contributed by atoms with Gasteiger partial charge in [-0.3, -0.25) is 0 Å². The Bertz CT molecular complexity index is 804. The Balaban J connectivity index is 1.46. The molecule has 0 spiro atoms. The number of aliphatic hydroxyl groups is 1. The molecule has 5 rings (SSSR count). The summed E-state index contributed by atoms with van der Waals surface area (Å²) in [7, 11) is 0. The van der Waals surface area contributed by atoms with Crippen molar-refractivity contribution in [2.45, 2.75) is 110 Å². The molecular formula is C32H56O8. The standard InChI is InChI=1S/C32H56O8/c1-6-34-20-37-23-11-12-30(3)22(17-23)18-26(36-14-8-13-33)29-24-9-10-27(32(5)39-15-16-40-32)31(24,4)28(19-25(29)30)38-21-35-7-2/h22-29,33H,6-21H2,1-5H3/t22-,23+,24-,25-,26+,27-,28-,29-,30-,31-/m0/s1. The first-order chi connectivity index (χ1) is 19.3. The number of aliphatic hydroxyl groups excluding tert-OH is 1. The van der Waals surface area contributed by atoms with Crippen molar-refractivity contribution < 1.29 is 38.3 Å². The number of hydrogen-bond donors (Lipinski definition) is 1. The average Bonchev–Trinajstić information content (AvgIpc) is 3.54. The van der Waals surface area contributed by atoms with Crippen LogP contribution in [0.5, 0.6) is 0 Å². The van der Waals surface area contributed by atoms with Gasteiger partial charge in [0.05, 0.1) is 31.5 Å². The average molecular weight is 569 g/mol. The molecule has 4 saturated carbocycles. The monoisotopic (exact) mass is 568 g/mol. The molecule has 1 saturated heterocycles. The summed E-state index contributed by atoms with van der Waals surface area (Å²) in [5.41, 5.74) is 0.112. The minimum atomic E-state index is -0.576. The third-order valence-electron chi connectivity index (χ3n) is 12.0. The van der Waals surface area contributed by atoms with Crippen LogP contribution in [-0.4, -0.2) is 82.4 Å². The van der Waals surface area contributed by atoms with Crippen LogP contribution in [-0.2, 0) is 33.2 Å². The van der Waals surface area contributed by atoms with Crippen molar-refractivity contribution in [1.82, 2.24) is 0 Å². The zero-order valence-corrected chi connectivity index (χ0v) is 25.7. The number of fused-ring (bicyclic) bond motifs is 5. The zero-order chi connectivity index (χ0) is 28.4. The van der Waals surface area contributed by atoms with Gasteiger partial charge < -0.3 is 38.3 Å². The van der Waals surface area contributed by atoms with E-state index in [0.717, 1.165) is 44.9 Å². The molecule has 1 N–H and O–H groups in total. The maximum Gasteiger partial charge on any atom is 0.169 e. The van der Waals surface area contributed by atoms with Crippen molar-refractivity contribution in [3.63, 3.8) is 0 Å². The summed E-state index contributed by atoms with van der Waals surface area (Å²) in [4.78, 5) is 0. The topological polar surface area (TPSA) is 84.8 Å². The van der Waals surface area contributed by atoms with Crippen LogP contribution < -0.4 is 0 Å². The first-order valence-corrected chi connectivity index (χ1v) is 16.2. The minimum Gasteiger partial charge on any atom is -0.396 e. The highest BCUT2D eigenvalue weighted by Crippen LogP contribution is 2.70. The van der Waals surface area contributed by atoms with Crippen molar-refractivity contribution in [2.24, 2.45) is 40.4 Å². The maximum atomic E-state index is 9.54. The Hall–Kier alpha value is -0.320. The number of hydrogen-bond acceptors (Lipinski definition) is 8. The van der Waals surface area contributed by atoms with Gasteiger partial charge in [-0.1, -0.05) is 13.8 Å². The van der Waals surface area contributed by atoms with Crippen molar-refractivity contribution in [2.75, 3.05) is 53.2 Å². The third-order valence-corrected chi connectivity index (χ3v) is 12.0. The van der Waals surface area contributed by atoms with Crippen molar-refractivity contribution in [3.8, 4) is 0 Å². The van der Waals surface area contributed by atoms with E-state index in [0.29, 0.717) is 76.7 Å². The van der Waals surface area contributed by atoms with Crippen molar-refractivity contribution in [3.05, 3.63) is 0 Å². The molecule has 0 unspecified atom stereocenters. The van der Waals surface area contributed by atoms with Crippen molar-refractivity contribution in [1.29, 1.82) is 0 Å². The Morgan fingerprint density at radius 1 is 0.825 bits per heavy atom. The van der Waals surface area contributed by atoms with Gasteiger partial charge >= 0.3 is 0 Å². The summed E-state index contributed by atoms with van der Waals surface area (Å²) in [5.74, 6) is 1.62. The Morgan fingerprint density at radius 2 is 1.55 bits per heavy atom. The van der Waals surface area contributed by atoms with E-state index in [2.05, 4.69) is 20.8 Å². The maximum absolute atomic E-state index is 9.54. The molecule has 0 amide bonds. The van der Waals surface area contributed by atoms with Crippen LogP contribution >= 0.6 is 0 Å². The molecule has 0 aromatic carbocycles. The summed E-state index contributed by atoms with van der Waals surface area (Å²) in [6.07, 6.45) is 8.75. The van der Waals surface area contributed by atoms with Crippen LogP contribution in [0.25, 0.3) is 0 Å². The summed E-state index contributed by atoms with van der Waals surface area (Å²) >= 11 is 0. The highest BCUT2D eigenvalue weighted by Gasteiger charge is 2.69. The molecular weight excluding hydrogens is 512 g/mol. The molecule has 0 aromatic heterocycles. The first-order valence-electron chi connectivity index (χ1n) is 16.2. The molecule has 1 aliphatic heterocycles. The van der Waals surface area contributed by atoms with E-state index >= 15 is 0 Å². The lowest BCUT2D eigenvalue weighted by Crippen LogP contribution is -2.64. The molecule has 5 fully saturated rings. The fraction of sp³-hybridized carbons (Fsp3) is 1.00. The lowest BCUT2D eigenvalue weighted by molar-refractivity contribution is -0.272. The lowest BCUT2D eigenvalue weighted by atomic mass is 9.43. The van der Waals surface area contributed by atoms with E-state index in [1.807, 2.05) is 13.8 Å². The van der Waals surface area contributed by atoms with Crippen LogP contribution in [0.4, 0.5) is 0 Å². The molecule has 8 heteroatoms. The van der Waals surface area contributed by atoms with Gasteiger partial charge in [-0.25, -0.2) is 0 Å². The quantitative estimate of drug-likeness (QED) is 0.241. The second kappa shape index (κ2) is 13.1. The smallest absolute Gasteiger partial charge is 0.169 e. The predicted octanol–water partition coefficient (Wildman–Crippen LogP) is 5.15. The lowest BCUT2D eigenvalue weighted by Gasteiger charge is -2.65. The van der Waals surface area contributed by atoms with E-state index in [1.165, 1.54) is 0 Å². The van der Waals surface area contributed by atoms with E-state index in [4.69, 9.17) is 33.2 Å². The fourth-order valence-corrected chi connectivity index (χ4v) is 10.00. The van der Waals surface area contributed by atoms with Gasteiger partial charge in [0.1, 0.15) is 13.6 Å². The molecule has 5 aliphatic rings. The van der Waals surface area contributed by atoms with E-state index < -0.39 is 5.79 Å². The van der Waals surface area contributed by atoms with E-state index in [-0.39, 0.29) is 41.7 Å². The Morgan fingerprint density at radius 3 is 2.25 bits per heavy atom. The minimum absolute atomic E-state index is 0.0722. The predicted molar refractivity (Wildman–Crippen MR) is 150 cm³/mol. The van der Waals surface area contributed by atoms with E-state index in [9.17, 15) is 5.11 Å². The van der Waals surface area contributed by atoms with Crippen LogP contribution in [0, 0.1) is 40.4 Å². The van der Waals surface area contributed by atoms with Crippen LogP contribution in [0.1, 0.15) is 86.0 Å². The summed E-state index contributed by atoms with van der Waals surface area (Å²) < 4.78 is 43.6. The normalized spacial score (nSPS) is 44.2. The highest BCUT2D eigenvalue weighted by molar-refractivity contribution is 5.16. The van der Waals surface area contributed by atoms with Gasteiger partial charge in [0.15, 0.2) is 5.79 Å². The second-order valence-electron chi connectivity index (χ2n) is 13.6. The van der Waals surface area contributed by atoms with Gasteiger partial charge in [-0.15, -0.1) is 0 Å². The molecule has 40 heavy (non-hydrogen) atoms. The Kier molecular flexibility index (Phi) is 10.2. The SMILES string of the molecule is CCOCO[C@@H]1CC[C@@]2(C)[C@@H](C1)C[C@@H](OCCCO)[C@@H]1[C@@H]2C[C@H](OCOCC)[C@]2(C)[C@@H](C3(C)OCCO3)CC[C@@H]12. The molecule has 1 heterocycles. The summed E-state index contributed by atoms with van der Waals surface area (Å²) in [6, 6.07) is 0. The summed E-state index contributed by atoms with van der Waals surface area (Å²) in [6.45, 7) is 15.3. The van der Waals surface area contributed by atoms with Gasteiger partial charge in [0.2, 0.25) is 0 Å². The molecule has 0 radical (unpaired) electrons. The number of rotatable bonds is 13. The first kappa shape index (κ1) is 31.1. The largest absolute Gasteiger partial charge is 0.396 e. The van der Waals surface area contributed by atoms with E-state index in [1.54, 1.807) is 0 Å². The van der Waals surface area contributed by atoms with Gasteiger partial charge in [0.25, 0.3) is 0 Å². The highest BCUT2D eigenvalue weighted by atomic mass is 16.7. The molecule has 0 aromatic rings. The van der Waals surface area contributed by atoms with Crippen molar-refractivity contribution >= 4 is 0 Å². The van der Waals surface area contributed by atoms with Crippen LogP contribution in [0.2, 0.25) is 0 Å². The third kappa shape index (κ3) is 5.66. The van der Waals surface area contributed by atoms with Gasteiger partial charge in [-0.2, -0.15) is 0 Å².